The molecule has 0 unspecified atom stereocenters. The molecule has 1 aliphatic rings. The number of ether oxygens (including phenoxy) is 3. The molecule has 0 saturated heterocycles. The van der Waals surface area contributed by atoms with E-state index in [9.17, 15) is 0 Å². The third kappa shape index (κ3) is 5.90. The van der Waals surface area contributed by atoms with Crippen LogP contribution in [0.2, 0.25) is 30.7 Å². The second-order valence-electron chi connectivity index (χ2n) is 10.4. The van der Waals surface area contributed by atoms with Gasteiger partial charge in [-0.3, -0.25) is 0 Å². The fraction of sp³-hybridized carbons (Fsp3) is 0.500. The molecule has 2 aromatic heterocycles. The van der Waals surface area contributed by atoms with Gasteiger partial charge < -0.3 is 29.4 Å². The van der Waals surface area contributed by atoms with E-state index in [1.54, 1.807) is 0 Å². The number of pyridine rings is 1. The fourth-order valence-corrected chi connectivity index (χ4v) is 5.15. The van der Waals surface area contributed by atoms with Crippen LogP contribution in [0.3, 0.4) is 0 Å². The normalized spacial score (nSPS) is 14.1. The summed E-state index contributed by atoms with van der Waals surface area (Å²) in [6, 6.07) is 5.05. The zero-order valence-corrected chi connectivity index (χ0v) is 23.5. The zero-order valence-electron chi connectivity index (χ0n) is 21.7. The Morgan fingerprint density at radius 3 is 2.56 bits per heavy atom. The minimum Gasteiger partial charge on any atom is -0.495 e. The molecule has 0 bridgehead atoms. The summed E-state index contributed by atoms with van der Waals surface area (Å²) in [4.78, 5) is 4.74. The Balaban J connectivity index is 1.59. The van der Waals surface area contributed by atoms with E-state index in [4.69, 9.17) is 30.8 Å². The van der Waals surface area contributed by atoms with Crippen LogP contribution in [0, 0.1) is 5.82 Å². The summed E-state index contributed by atoms with van der Waals surface area (Å²) < 4.78 is 33.5. The van der Waals surface area contributed by atoms with E-state index >= 15 is 4.39 Å². The van der Waals surface area contributed by atoms with Crippen molar-refractivity contribution >= 4 is 42.1 Å². The molecule has 36 heavy (non-hydrogen) atoms. The molecule has 10 heteroatoms. The van der Waals surface area contributed by atoms with Gasteiger partial charge in [0.1, 0.15) is 23.2 Å². The maximum Gasteiger partial charge on any atom is 0.189 e. The predicted octanol–water partition coefficient (Wildman–Crippen LogP) is 6.73. The Kier molecular flexibility index (Phi) is 8.32. The molecule has 2 heterocycles. The van der Waals surface area contributed by atoms with Crippen molar-refractivity contribution in [3.63, 3.8) is 0 Å². The molecule has 4 rings (SSSR count). The lowest BCUT2D eigenvalue weighted by Gasteiger charge is -2.29. The van der Waals surface area contributed by atoms with Gasteiger partial charge >= 0.3 is 0 Å². The highest BCUT2D eigenvalue weighted by Crippen LogP contribution is 2.40. The predicted molar refractivity (Wildman–Crippen MR) is 147 cm³/mol. The SMILES string of the molecule is COc1cc(OC)c(Cl)c(NCc2cnc3c(ccn3COCC[Si](C)(C)C)c2NC2CCC2)c1F. The molecular weight excluding hydrogens is 499 g/mol. The molecule has 0 amide bonds. The summed E-state index contributed by atoms with van der Waals surface area (Å²) in [5.41, 5.74) is 2.92. The molecule has 1 aromatic carbocycles. The smallest absolute Gasteiger partial charge is 0.189 e. The Bertz CT molecular complexity index is 1180. The molecule has 7 nitrogen and oxygen atoms in total. The first-order chi connectivity index (χ1) is 17.2. The number of nitrogens with one attached hydrogen (secondary N) is 2. The molecule has 1 aliphatic carbocycles. The Hall–Kier alpha value is -2.49. The van der Waals surface area contributed by atoms with E-state index in [1.807, 2.05) is 17.0 Å². The fourth-order valence-electron chi connectivity index (χ4n) is 4.11. The average Bonchev–Trinajstić information content (AvgIpc) is 3.22. The first-order valence-corrected chi connectivity index (χ1v) is 16.4. The largest absolute Gasteiger partial charge is 0.495 e. The summed E-state index contributed by atoms with van der Waals surface area (Å²) in [5.74, 6) is -0.163. The van der Waals surface area contributed by atoms with Crippen LogP contribution in [-0.2, 0) is 18.0 Å². The van der Waals surface area contributed by atoms with Crippen molar-refractivity contribution in [1.82, 2.24) is 9.55 Å². The molecule has 0 atom stereocenters. The molecule has 0 spiro atoms. The number of benzene rings is 1. The van der Waals surface area contributed by atoms with Crippen molar-refractivity contribution in [3.8, 4) is 11.5 Å². The van der Waals surface area contributed by atoms with Crippen LogP contribution >= 0.6 is 11.6 Å². The van der Waals surface area contributed by atoms with Gasteiger partial charge in [-0.25, -0.2) is 9.37 Å². The van der Waals surface area contributed by atoms with E-state index in [0.717, 1.165) is 47.8 Å². The van der Waals surface area contributed by atoms with Gasteiger partial charge in [-0.2, -0.15) is 0 Å². The summed E-state index contributed by atoms with van der Waals surface area (Å²) >= 11 is 6.42. The Labute approximate surface area is 218 Å². The van der Waals surface area contributed by atoms with E-state index in [-0.39, 0.29) is 16.5 Å². The average molecular weight is 535 g/mol. The van der Waals surface area contributed by atoms with Gasteiger partial charge in [0.25, 0.3) is 0 Å². The van der Waals surface area contributed by atoms with Gasteiger partial charge in [0.05, 0.1) is 25.6 Å². The Morgan fingerprint density at radius 2 is 1.92 bits per heavy atom. The van der Waals surface area contributed by atoms with Crippen molar-refractivity contribution in [2.24, 2.45) is 0 Å². The topological polar surface area (TPSA) is 69.6 Å². The monoisotopic (exact) mass is 534 g/mol. The highest BCUT2D eigenvalue weighted by molar-refractivity contribution is 6.76. The first kappa shape index (κ1) is 26.6. The van der Waals surface area contributed by atoms with Gasteiger partial charge in [-0.1, -0.05) is 31.2 Å². The van der Waals surface area contributed by atoms with Crippen LogP contribution in [0.4, 0.5) is 15.8 Å². The number of hydrogen-bond donors (Lipinski definition) is 2. The van der Waals surface area contributed by atoms with E-state index < -0.39 is 13.9 Å². The maximum atomic E-state index is 15.0. The van der Waals surface area contributed by atoms with Gasteiger partial charge in [-0.05, 0) is 31.4 Å². The summed E-state index contributed by atoms with van der Waals surface area (Å²) in [7, 11) is 1.75. The number of hydrogen-bond acceptors (Lipinski definition) is 6. The third-order valence-corrected chi connectivity index (χ3v) is 8.66. The molecular formula is C26H36ClFN4O3Si. The number of rotatable bonds is 12. The van der Waals surface area contributed by atoms with Crippen LogP contribution in [0.25, 0.3) is 11.0 Å². The van der Waals surface area contributed by atoms with Gasteiger partial charge in [0.2, 0.25) is 0 Å². The van der Waals surface area contributed by atoms with Crippen molar-refractivity contribution in [3.05, 3.63) is 40.9 Å². The molecule has 3 aromatic rings. The standard InChI is InChI=1S/C26H36ClFN4O3Si/c1-33-20-13-21(34-2)23(28)25(22(20)27)29-14-17-15-30-26-19(24(17)31-18-7-6-8-18)9-10-32(26)16-35-11-12-36(3,4)5/h9-10,13,15,18,29H,6-8,11-12,14,16H2,1-5H3,(H,30,31). The summed E-state index contributed by atoms with van der Waals surface area (Å²) in [6.45, 7) is 8.57. The van der Waals surface area contributed by atoms with E-state index in [0.29, 0.717) is 25.1 Å². The van der Waals surface area contributed by atoms with Crippen molar-refractivity contribution in [2.75, 3.05) is 31.5 Å². The quantitative estimate of drug-likeness (QED) is 0.198. The first-order valence-electron chi connectivity index (χ1n) is 12.4. The van der Waals surface area contributed by atoms with Crippen molar-refractivity contribution in [1.29, 1.82) is 0 Å². The highest BCUT2D eigenvalue weighted by atomic mass is 35.5. The van der Waals surface area contributed by atoms with Crippen LogP contribution < -0.4 is 20.1 Å². The van der Waals surface area contributed by atoms with Crippen LogP contribution in [0.5, 0.6) is 11.5 Å². The lowest BCUT2D eigenvalue weighted by molar-refractivity contribution is 0.0899. The van der Waals surface area contributed by atoms with E-state index in [1.165, 1.54) is 26.7 Å². The Morgan fingerprint density at radius 1 is 1.17 bits per heavy atom. The maximum absolute atomic E-state index is 15.0. The zero-order chi connectivity index (χ0) is 25.9. The van der Waals surface area contributed by atoms with Crippen LogP contribution in [-0.4, -0.2) is 44.5 Å². The molecule has 1 fully saturated rings. The minimum atomic E-state index is -1.14. The molecule has 0 radical (unpaired) electrons. The second-order valence-corrected chi connectivity index (χ2v) is 16.4. The minimum absolute atomic E-state index is 0.0614. The summed E-state index contributed by atoms with van der Waals surface area (Å²) in [5, 5.41) is 8.03. The lowest BCUT2D eigenvalue weighted by atomic mass is 9.92. The number of methoxy groups -OCH3 is 2. The molecule has 196 valence electrons. The van der Waals surface area contributed by atoms with Crippen LogP contribution in [0.1, 0.15) is 24.8 Å². The summed E-state index contributed by atoms with van der Waals surface area (Å²) in [6.07, 6.45) is 7.32. The van der Waals surface area contributed by atoms with E-state index in [2.05, 4.69) is 36.3 Å². The molecule has 0 aliphatic heterocycles. The van der Waals surface area contributed by atoms with Gasteiger partial charge in [0, 0.05) is 56.7 Å². The number of nitrogens with zero attached hydrogens (tertiary/aromatic N) is 2. The number of aromatic nitrogens is 2. The van der Waals surface area contributed by atoms with Crippen molar-refractivity contribution < 1.29 is 18.6 Å². The number of anilines is 2. The third-order valence-electron chi connectivity index (χ3n) is 6.58. The van der Waals surface area contributed by atoms with Gasteiger partial charge in [0.15, 0.2) is 11.6 Å². The van der Waals surface area contributed by atoms with Gasteiger partial charge in [-0.15, -0.1) is 0 Å². The number of fused-ring (bicyclic) bond motifs is 1. The highest BCUT2D eigenvalue weighted by Gasteiger charge is 2.23. The molecule has 2 N–H and O–H groups in total. The van der Waals surface area contributed by atoms with Crippen molar-refractivity contribution in [2.45, 2.75) is 64.3 Å². The van der Waals surface area contributed by atoms with Crippen LogP contribution in [0.15, 0.2) is 24.5 Å². The molecule has 1 saturated carbocycles. The number of halogens is 2. The lowest BCUT2D eigenvalue weighted by Crippen LogP contribution is -2.28. The second kappa shape index (κ2) is 11.3.